The van der Waals surface area contributed by atoms with Crippen LogP contribution in [-0.4, -0.2) is 14.2 Å². The summed E-state index contributed by atoms with van der Waals surface area (Å²) in [5.41, 5.74) is 0.712. The zero-order valence-corrected chi connectivity index (χ0v) is 18.4. The van der Waals surface area contributed by atoms with E-state index in [0.717, 1.165) is 11.1 Å². The summed E-state index contributed by atoms with van der Waals surface area (Å²) in [6.07, 6.45) is -4.66. The van der Waals surface area contributed by atoms with E-state index in [0.29, 0.717) is 17.6 Å². The van der Waals surface area contributed by atoms with Crippen LogP contribution in [0.1, 0.15) is 16.7 Å². The molecule has 3 nitrogen and oxygen atoms in total. The van der Waals surface area contributed by atoms with Crippen molar-refractivity contribution in [3.8, 4) is 11.5 Å². The number of ether oxygens (including phenoxy) is 2. The van der Waals surface area contributed by atoms with E-state index in [1.165, 1.54) is 6.07 Å². The molecule has 8 heteroatoms. The van der Waals surface area contributed by atoms with Crippen LogP contribution in [0.15, 0.2) is 65.1 Å². The summed E-state index contributed by atoms with van der Waals surface area (Å²) in [5.74, 6) is 0.403. The number of benzene rings is 3. The van der Waals surface area contributed by atoms with Gasteiger partial charge in [0.2, 0.25) is 0 Å². The van der Waals surface area contributed by atoms with Gasteiger partial charge >= 0.3 is 6.18 Å². The smallest absolute Gasteiger partial charge is 0.417 e. The average Bonchev–Trinajstić information content (AvgIpc) is 2.75. The maximum Gasteiger partial charge on any atom is 0.417 e. The second kappa shape index (κ2) is 9.60. The molecular weight excluding hydrogens is 478 g/mol. The maximum absolute atomic E-state index is 14.9. The summed E-state index contributed by atoms with van der Waals surface area (Å²) < 4.78 is 64.4. The van der Waals surface area contributed by atoms with Crippen LogP contribution < -0.4 is 14.4 Å². The molecule has 0 aliphatic carbocycles. The molecule has 3 rings (SSSR count). The minimum absolute atomic E-state index is 0.0616. The van der Waals surface area contributed by atoms with Crippen LogP contribution >= 0.6 is 15.9 Å². The normalized spacial score (nSPS) is 11.3. The zero-order valence-electron chi connectivity index (χ0n) is 16.8. The van der Waals surface area contributed by atoms with Gasteiger partial charge in [-0.3, -0.25) is 0 Å². The van der Waals surface area contributed by atoms with Gasteiger partial charge in [0, 0.05) is 17.6 Å². The van der Waals surface area contributed by atoms with Crippen LogP contribution in [0.25, 0.3) is 0 Å². The highest BCUT2D eigenvalue weighted by molar-refractivity contribution is 9.10. The van der Waals surface area contributed by atoms with Gasteiger partial charge in [0.05, 0.1) is 25.5 Å². The van der Waals surface area contributed by atoms with Crippen LogP contribution in [0.2, 0.25) is 0 Å². The lowest BCUT2D eigenvalue weighted by atomic mass is 10.1. The van der Waals surface area contributed by atoms with Gasteiger partial charge in [-0.1, -0.05) is 40.2 Å². The Hall–Kier alpha value is -2.74. The van der Waals surface area contributed by atoms with Gasteiger partial charge < -0.3 is 14.4 Å². The fourth-order valence-corrected chi connectivity index (χ4v) is 3.68. The number of alkyl halides is 3. The number of methoxy groups -OCH3 is 2. The SMILES string of the molecule is COc1ccc(CN(Cc2ccc(OC)cc2)c2cc(Br)c(C(F)(F)F)cc2F)cc1. The first-order valence-electron chi connectivity index (χ1n) is 9.28. The largest absolute Gasteiger partial charge is 0.497 e. The second-order valence-electron chi connectivity index (χ2n) is 6.83. The Bertz CT molecular complexity index is 972. The molecule has 3 aromatic carbocycles. The molecule has 0 fully saturated rings. The van der Waals surface area contributed by atoms with E-state index in [2.05, 4.69) is 15.9 Å². The molecule has 0 heterocycles. The molecule has 31 heavy (non-hydrogen) atoms. The third-order valence-corrected chi connectivity index (χ3v) is 5.40. The van der Waals surface area contributed by atoms with E-state index in [1.807, 2.05) is 24.3 Å². The Morgan fingerprint density at radius 3 is 1.65 bits per heavy atom. The zero-order chi connectivity index (χ0) is 22.6. The topological polar surface area (TPSA) is 21.7 Å². The van der Waals surface area contributed by atoms with Crippen LogP contribution in [0.5, 0.6) is 11.5 Å². The monoisotopic (exact) mass is 497 g/mol. The third kappa shape index (κ3) is 5.70. The third-order valence-electron chi connectivity index (χ3n) is 4.75. The highest BCUT2D eigenvalue weighted by Crippen LogP contribution is 2.39. The molecule has 0 N–H and O–H groups in total. The number of nitrogens with zero attached hydrogens (tertiary/aromatic N) is 1. The summed E-state index contributed by atoms with van der Waals surface area (Å²) in [6.45, 7) is 0.565. The van der Waals surface area contributed by atoms with Gasteiger partial charge in [-0.05, 0) is 47.5 Å². The molecule has 0 bridgehead atoms. The Labute approximate surface area is 186 Å². The van der Waals surface area contributed by atoms with Crippen molar-refractivity contribution < 1.29 is 27.0 Å². The van der Waals surface area contributed by atoms with Gasteiger partial charge in [0.15, 0.2) is 0 Å². The Morgan fingerprint density at radius 1 is 0.806 bits per heavy atom. The van der Waals surface area contributed by atoms with Crippen molar-refractivity contribution >= 4 is 21.6 Å². The predicted molar refractivity (Wildman–Crippen MR) is 115 cm³/mol. The second-order valence-corrected chi connectivity index (χ2v) is 7.69. The molecule has 0 saturated carbocycles. The predicted octanol–water partition coefficient (Wildman–Crippen LogP) is 6.83. The molecule has 0 aliphatic rings. The van der Waals surface area contributed by atoms with E-state index in [-0.39, 0.29) is 23.2 Å². The van der Waals surface area contributed by atoms with Gasteiger partial charge in [-0.2, -0.15) is 13.2 Å². The van der Waals surface area contributed by atoms with E-state index in [4.69, 9.17) is 9.47 Å². The highest BCUT2D eigenvalue weighted by atomic mass is 79.9. The minimum Gasteiger partial charge on any atom is -0.497 e. The fourth-order valence-electron chi connectivity index (χ4n) is 3.12. The molecule has 0 spiro atoms. The Kier molecular flexibility index (Phi) is 7.10. The lowest BCUT2D eigenvalue weighted by Crippen LogP contribution is -2.23. The van der Waals surface area contributed by atoms with Crippen LogP contribution in [0, 0.1) is 5.82 Å². The molecule has 0 aliphatic heterocycles. The van der Waals surface area contributed by atoms with Gasteiger partial charge in [-0.15, -0.1) is 0 Å². The summed E-state index contributed by atoms with van der Waals surface area (Å²) in [7, 11) is 3.11. The van der Waals surface area contributed by atoms with Crippen LogP contribution in [0.4, 0.5) is 23.2 Å². The van der Waals surface area contributed by atoms with Crippen molar-refractivity contribution in [2.45, 2.75) is 19.3 Å². The summed E-state index contributed by atoms with van der Waals surface area (Å²) in [5, 5.41) is 0. The van der Waals surface area contributed by atoms with Crippen molar-refractivity contribution in [1.82, 2.24) is 0 Å². The van der Waals surface area contributed by atoms with Crippen LogP contribution in [0.3, 0.4) is 0 Å². The quantitative estimate of drug-likeness (QED) is 0.334. The number of halogens is 5. The molecule has 0 unspecified atom stereocenters. The molecule has 0 aromatic heterocycles. The molecule has 0 amide bonds. The summed E-state index contributed by atoms with van der Waals surface area (Å²) in [6, 6.07) is 16.1. The average molecular weight is 498 g/mol. The van der Waals surface area contributed by atoms with E-state index >= 15 is 0 Å². The number of hydrogen-bond acceptors (Lipinski definition) is 3. The minimum atomic E-state index is -4.66. The van der Waals surface area contributed by atoms with Gasteiger partial charge in [0.25, 0.3) is 0 Å². The molecule has 164 valence electrons. The van der Waals surface area contributed by atoms with Crippen molar-refractivity contribution in [2.24, 2.45) is 0 Å². The maximum atomic E-state index is 14.9. The first-order chi connectivity index (χ1) is 14.7. The molecule has 0 radical (unpaired) electrons. The lowest BCUT2D eigenvalue weighted by molar-refractivity contribution is -0.138. The summed E-state index contributed by atoms with van der Waals surface area (Å²) in [4.78, 5) is 1.68. The number of anilines is 1. The molecule has 3 aromatic rings. The van der Waals surface area contributed by atoms with Gasteiger partial charge in [-0.25, -0.2) is 4.39 Å². The highest BCUT2D eigenvalue weighted by Gasteiger charge is 2.34. The van der Waals surface area contributed by atoms with Crippen molar-refractivity contribution in [2.75, 3.05) is 19.1 Å². The first kappa shape index (κ1) is 22.9. The number of rotatable bonds is 7. The van der Waals surface area contributed by atoms with E-state index in [1.54, 1.807) is 43.4 Å². The fraction of sp³-hybridized carbons (Fsp3) is 0.217. The number of hydrogen-bond donors (Lipinski definition) is 0. The molecule has 0 saturated heterocycles. The Morgan fingerprint density at radius 2 is 1.26 bits per heavy atom. The van der Waals surface area contributed by atoms with Crippen molar-refractivity contribution in [3.05, 3.63) is 87.6 Å². The molecular formula is C23H20BrF4NO2. The van der Waals surface area contributed by atoms with Crippen LogP contribution in [-0.2, 0) is 19.3 Å². The standard InChI is InChI=1S/C23H20BrF4NO2/c1-30-17-7-3-15(4-8-17)13-29(14-16-5-9-18(31-2)10-6-16)22-12-20(24)19(11-21(22)25)23(26,27)28/h3-12H,13-14H2,1-2H3. The first-order valence-corrected chi connectivity index (χ1v) is 10.1. The lowest BCUT2D eigenvalue weighted by Gasteiger charge is -2.27. The molecule has 0 atom stereocenters. The van der Waals surface area contributed by atoms with E-state index in [9.17, 15) is 17.6 Å². The van der Waals surface area contributed by atoms with Crippen molar-refractivity contribution in [1.29, 1.82) is 0 Å². The Balaban J connectivity index is 1.98. The summed E-state index contributed by atoms with van der Waals surface area (Å²) >= 11 is 2.95. The van der Waals surface area contributed by atoms with Gasteiger partial charge in [0.1, 0.15) is 17.3 Å². The van der Waals surface area contributed by atoms with E-state index < -0.39 is 17.6 Å². The van der Waals surface area contributed by atoms with Crippen molar-refractivity contribution in [3.63, 3.8) is 0 Å².